The molecule has 0 fully saturated rings. The second-order valence-corrected chi connectivity index (χ2v) is 5.76. The van der Waals surface area contributed by atoms with Crippen molar-refractivity contribution >= 4 is 33.4 Å². The molecule has 2 aromatic carbocycles. The van der Waals surface area contributed by atoms with Gasteiger partial charge in [0.1, 0.15) is 24.1 Å². The van der Waals surface area contributed by atoms with Crippen molar-refractivity contribution in [3.63, 3.8) is 0 Å². The van der Waals surface area contributed by atoms with E-state index in [0.717, 1.165) is 0 Å². The van der Waals surface area contributed by atoms with Crippen LogP contribution in [0.1, 0.15) is 0 Å². The van der Waals surface area contributed by atoms with Crippen LogP contribution in [0.15, 0.2) is 36.4 Å². The van der Waals surface area contributed by atoms with Crippen molar-refractivity contribution in [2.45, 2.75) is 13.1 Å². The molecule has 0 spiro atoms. The van der Waals surface area contributed by atoms with E-state index in [0.29, 0.717) is 28.6 Å². The average molecular weight is 404 g/mol. The number of aromatic nitrogens is 6. The van der Waals surface area contributed by atoms with Crippen molar-refractivity contribution < 1.29 is 9.85 Å². The number of nitro groups is 2. The highest BCUT2D eigenvalue weighted by atomic mass is 16.6. The molecule has 0 unspecified atom stereocenters. The van der Waals surface area contributed by atoms with E-state index in [1.807, 2.05) is 0 Å². The predicted molar refractivity (Wildman–Crippen MR) is 106 cm³/mol. The standard InChI is InChI=1S/2C9H6N4O2/c1-2-5-12-9-4-3-7(13(14)15)6-8(9)10-11-12;1-2-5-12-9-6-7(13(14)15)3-4-8(9)10-11-12/h2*1,3-4,6H,5H2. The van der Waals surface area contributed by atoms with Gasteiger partial charge in [0.15, 0.2) is 0 Å². The van der Waals surface area contributed by atoms with Gasteiger partial charge in [0.2, 0.25) is 0 Å². The fraction of sp³-hybridized carbons (Fsp3) is 0.111. The summed E-state index contributed by atoms with van der Waals surface area (Å²) in [5, 5.41) is 36.2. The lowest BCUT2D eigenvalue weighted by molar-refractivity contribution is -0.384. The van der Waals surface area contributed by atoms with E-state index in [-0.39, 0.29) is 17.9 Å². The van der Waals surface area contributed by atoms with Gasteiger partial charge in [-0.25, -0.2) is 9.36 Å². The Labute approximate surface area is 168 Å². The molecule has 12 nitrogen and oxygen atoms in total. The molecular weight excluding hydrogens is 392 g/mol. The fourth-order valence-corrected chi connectivity index (χ4v) is 2.55. The van der Waals surface area contributed by atoms with E-state index in [4.69, 9.17) is 12.8 Å². The molecule has 0 atom stereocenters. The summed E-state index contributed by atoms with van der Waals surface area (Å²) in [6, 6.07) is 8.70. The van der Waals surface area contributed by atoms with Gasteiger partial charge in [0, 0.05) is 24.3 Å². The summed E-state index contributed by atoms with van der Waals surface area (Å²) in [7, 11) is 0. The largest absolute Gasteiger partial charge is 0.271 e. The third kappa shape index (κ3) is 4.02. The van der Waals surface area contributed by atoms with E-state index in [9.17, 15) is 20.2 Å². The molecule has 0 amide bonds. The van der Waals surface area contributed by atoms with Crippen molar-refractivity contribution in [1.29, 1.82) is 0 Å². The molecule has 4 rings (SSSR count). The molecule has 0 saturated heterocycles. The molecule has 0 bridgehead atoms. The number of fused-ring (bicyclic) bond motifs is 2. The molecule has 0 N–H and O–H groups in total. The Morgan fingerprint density at radius 3 is 1.93 bits per heavy atom. The van der Waals surface area contributed by atoms with Crippen LogP contribution in [0.5, 0.6) is 0 Å². The van der Waals surface area contributed by atoms with E-state index in [2.05, 4.69) is 32.5 Å². The maximum atomic E-state index is 10.6. The fourth-order valence-electron chi connectivity index (χ4n) is 2.55. The number of terminal acetylenes is 2. The van der Waals surface area contributed by atoms with Crippen LogP contribution in [-0.4, -0.2) is 39.8 Å². The smallest absolute Gasteiger partial charge is 0.258 e. The monoisotopic (exact) mass is 404 g/mol. The lowest BCUT2D eigenvalue weighted by Crippen LogP contribution is -1.98. The first-order valence-electron chi connectivity index (χ1n) is 8.26. The number of hydrogen-bond acceptors (Lipinski definition) is 8. The van der Waals surface area contributed by atoms with Gasteiger partial charge in [-0.15, -0.1) is 23.0 Å². The Balaban J connectivity index is 0.000000171. The lowest BCUT2D eigenvalue weighted by Gasteiger charge is -1.95. The zero-order chi connectivity index (χ0) is 21.7. The molecule has 0 radical (unpaired) electrons. The third-order valence-corrected chi connectivity index (χ3v) is 3.90. The maximum Gasteiger partial charge on any atom is 0.271 e. The Morgan fingerprint density at radius 1 is 0.800 bits per heavy atom. The van der Waals surface area contributed by atoms with Gasteiger partial charge in [-0.2, -0.15) is 0 Å². The number of hydrogen-bond donors (Lipinski definition) is 0. The highest BCUT2D eigenvalue weighted by Gasteiger charge is 2.11. The summed E-state index contributed by atoms with van der Waals surface area (Å²) < 4.78 is 2.96. The van der Waals surface area contributed by atoms with Crippen molar-refractivity contribution in [1.82, 2.24) is 30.0 Å². The summed E-state index contributed by atoms with van der Waals surface area (Å²) in [6.07, 6.45) is 10.3. The predicted octanol–water partition coefficient (Wildman–Crippen LogP) is 1.95. The number of rotatable bonds is 4. The zero-order valence-corrected chi connectivity index (χ0v) is 15.2. The Kier molecular flexibility index (Phi) is 5.61. The minimum absolute atomic E-state index is 0.00284. The van der Waals surface area contributed by atoms with Gasteiger partial charge in [-0.05, 0) is 12.1 Å². The van der Waals surface area contributed by atoms with Crippen LogP contribution in [0.25, 0.3) is 22.1 Å². The second-order valence-electron chi connectivity index (χ2n) is 5.76. The van der Waals surface area contributed by atoms with Crippen LogP contribution >= 0.6 is 0 Å². The quantitative estimate of drug-likeness (QED) is 0.285. The SMILES string of the molecule is C#CCn1nnc2cc([N+](=O)[O-])ccc21.C#CCn1nnc2ccc([N+](=O)[O-])cc21. The highest BCUT2D eigenvalue weighted by molar-refractivity contribution is 5.77. The summed E-state index contributed by atoms with van der Waals surface area (Å²) in [4.78, 5) is 20.1. The van der Waals surface area contributed by atoms with Gasteiger partial charge < -0.3 is 0 Å². The molecule has 0 aliphatic heterocycles. The van der Waals surface area contributed by atoms with Crippen LogP contribution in [0, 0.1) is 44.9 Å². The van der Waals surface area contributed by atoms with Gasteiger partial charge >= 0.3 is 0 Å². The van der Waals surface area contributed by atoms with Gasteiger partial charge in [0.05, 0.1) is 20.9 Å². The summed E-state index contributed by atoms with van der Waals surface area (Å²) in [5.41, 5.74) is 2.33. The summed E-state index contributed by atoms with van der Waals surface area (Å²) in [6.45, 7) is 0.548. The number of nitrogens with zero attached hydrogens (tertiary/aromatic N) is 8. The van der Waals surface area contributed by atoms with Crippen molar-refractivity contribution in [2.75, 3.05) is 0 Å². The molecule has 2 aromatic heterocycles. The van der Waals surface area contributed by atoms with E-state index < -0.39 is 9.85 Å². The number of non-ortho nitro benzene ring substituents is 2. The van der Waals surface area contributed by atoms with Crippen molar-refractivity contribution in [2.24, 2.45) is 0 Å². The Morgan fingerprint density at radius 2 is 1.33 bits per heavy atom. The van der Waals surface area contributed by atoms with Gasteiger partial charge in [-0.3, -0.25) is 20.2 Å². The molecule has 12 heteroatoms. The maximum absolute atomic E-state index is 10.6. The minimum atomic E-state index is -0.473. The molecule has 0 aliphatic rings. The summed E-state index contributed by atoms with van der Waals surface area (Å²) >= 11 is 0. The van der Waals surface area contributed by atoms with Crippen LogP contribution in [0.3, 0.4) is 0 Å². The normalized spacial score (nSPS) is 10.1. The van der Waals surface area contributed by atoms with Crippen LogP contribution in [0.2, 0.25) is 0 Å². The molecule has 0 saturated carbocycles. The number of nitro benzene ring substituents is 2. The summed E-state index contributed by atoms with van der Waals surface area (Å²) in [5.74, 6) is 4.83. The first kappa shape index (κ1) is 19.9. The lowest BCUT2D eigenvalue weighted by atomic mass is 10.3. The van der Waals surface area contributed by atoms with Gasteiger partial charge in [0.25, 0.3) is 11.4 Å². The van der Waals surface area contributed by atoms with Crippen LogP contribution in [0.4, 0.5) is 11.4 Å². The topological polar surface area (TPSA) is 148 Å². The van der Waals surface area contributed by atoms with Crippen LogP contribution < -0.4 is 0 Å². The molecule has 2 heterocycles. The highest BCUT2D eigenvalue weighted by Crippen LogP contribution is 2.19. The van der Waals surface area contributed by atoms with Crippen molar-refractivity contribution in [3.8, 4) is 24.7 Å². The van der Waals surface area contributed by atoms with E-state index in [1.165, 1.54) is 33.6 Å². The second kappa shape index (κ2) is 8.45. The molecule has 148 valence electrons. The van der Waals surface area contributed by atoms with E-state index >= 15 is 0 Å². The molecular formula is C18H12N8O4. The van der Waals surface area contributed by atoms with Crippen molar-refractivity contribution in [3.05, 3.63) is 56.6 Å². The average Bonchev–Trinajstić information content (AvgIpc) is 3.32. The van der Waals surface area contributed by atoms with Crippen LogP contribution in [-0.2, 0) is 13.1 Å². The minimum Gasteiger partial charge on any atom is -0.258 e. The Bertz CT molecular complexity index is 1340. The zero-order valence-electron chi connectivity index (χ0n) is 15.2. The number of benzene rings is 2. The molecule has 0 aliphatic carbocycles. The molecule has 4 aromatic rings. The van der Waals surface area contributed by atoms with E-state index in [1.54, 1.807) is 12.1 Å². The van der Waals surface area contributed by atoms with Gasteiger partial charge in [-0.1, -0.05) is 22.3 Å². The first-order valence-corrected chi connectivity index (χ1v) is 8.26. The Hall–Kier alpha value is -4.84. The third-order valence-electron chi connectivity index (χ3n) is 3.90. The first-order chi connectivity index (χ1) is 14.4. The molecule has 30 heavy (non-hydrogen) atoms.